The number of ether oxygens (including phenoxy) is 2. The van der Waals surface area contributed by atoms with Crippen molar-refractivity contribution in [3.8, 4) is 0 Å². The minimum atomic E-state index is 0.309. The first kappa shape index (κ1) is 6.05. The van der Waals surface area contributed by atoms with Crippen LogP contribution in [0, 0.1) is 6.42 Å². The Balaban J connectivity index is 2.13. The zero-order chi connectivity index (χ0) is 5.82. The molecule has 0 spiro atoms. The van der Waals surface area contributed by atoms with Crippen LogP contribution in [-0.4, -0.2) is 26.4 Å². The highest BCUT2D eigenvalue weighted by molar-refractivity contribution is 4.74. The van der Waals surface area contributed by atoms with Gasteiger partial charge in [0.15, 0.2) is 0 Å². The van der Waals surface area contributed by atoms with E-state index in [1.165, 1.54) is 0 Å². The van der Waals surface area contributed by atoms with Gasteiger partial charge in [0.25, 0.3) is 0 Å². The summed E-state index contributed by atoms with van der Waals surface area (Å²) in [5, 5.41) is 0. The summed E-state index contributed by atoms with van der Waals surface area (Å²) >= 11 is 0. The summed E-state index contributed by atoms with van der Waals surface area (Å²) in [6.07, 6.45) is 3.44. The molecule has 0 saturated carbocycles. The fourth-order valence-corrected chi connectivity index (χ4v) is 0.769. The van der Waals surface area contributed by atoms with Gasteiger partial charge in [-0.05, 0) is 12.8 Å². The van der Waals surface area contributed by atoms with Gasteiger partial charge >= 0.3 is 0 Å². The average Bonchev–Trinajstić information content (AvgIpc) is 1.90. The lowest BCUT2D eigenvalue weighted by Gasteiger charge is -2.19. The Labute approximate surface area is 49.8 Å². The minimum Gasteiger partial charge on any atom is -0.379 e. The monoisotopic (exact) mass is 115 g/mol. The summed E-state index contributed by atoms with van der Waals surface area (Å²) < 4.78 is 10.1. The second-order valence-electron chi connectivity index (χ2n) is 1.92. The molecular formula is C6H11O2. The molecule has 1 unspecified atom stereocenters. The van der Waals surface area contributed by atoms with Crippen LogP contribution in [-0.2, 0) is 9.47 Å². The Bertz CT molecular complexity index is 57.5. The van der Waals surface area contributed by atoms with Crippen LogP contribution in [0.4, 0.5) is 0 Å². The highest BCUT2D eigenvalue weighted by Gasteiger charge is 2.11. The van der Waals surface area contributed by atoms with Crippen LogP contribution in [0.15, 0.2) is 0 Å². The zero-order valence-electron chi connectivity index (χ0n) is 5.09. The van der Waals surface area contributed by atoms with Gasteiger partial charge in [-0.1, -0.05) is 0 Å². The maximum absolute atomic E-state index is 5.09. The van der Waals surface area contributed by atoms with Crippen LogP contribution < -0.4 is 0 Å². The molecule has 0 aromatic carbocycles. The van der Waals surface area contributed by atoms with Crippen molar-refractivity contribution in [3.05, 3.63) is 6.42 Å². The van der Waals surface area contributed by atoms with E-state index in [9.17, 15) is 0 Å². The largest absolute Gasteiger partial charge is 0.379 e. The summed E-state index contributed by atoms with van der Waals surface area (Å²) in [6, 6.07) is 0. The molecule has 2 heteroatoms. The van der Waals surface area contributed by atoms with Crippen molar-refractivity contribution >= 4 is 0 Å². The molecule has 1 fully saturated rings. The Morgan fingerprint density at radius 3 is 3.00 bits per heavy atom. The number of hydrogen-bond donors (Lipinski definition) is 0. The van der Waals surface area contributed by atoms with Crippen LogP contribution in [0.3, 0.4) is 0 Å². The normalized spacial score (nSPS) is 30.4. The summed E-state index contributed by atoms with van der Waals surface area (Å²) in [5.74, 6) is 0. The number of hydrogen-bond acceptors (Lipinski definition) is 2. The van der Waals surface area contributed by atoms with E-state index < -0.39 is 0 Å². The predicted octanol–water partition coefficient (Wildman–Crippen LogP) is 0.626. The van der Waals surface area contributed by atoms with Crippen LogP contribution in [0.2, 0.25) is 0 Å². The van der Waals surface area contributed by atoms with Crippen molar-refractivity contribution in [2.24, 2.45) is 0 Å². The molecule has 0 amide bonds. The first-order valence-electron chi connectivity index (χ1n) is 2.85. The third-order valence-corrected chi connectivity index (χ3v) is 1.30. The third kappa shape index (κ3) is 1.46. The molecule has 1 rings (SSSR count). The van der Waals surface area contributed by atoms with E-state index in [4.69, 9.17) is 9.47 Å². The lowest BCUT2D eigenvalue weighted by Crippen LogP contribution is -2.24. The topological polar surface area (TPSA) is 18.5 Å². The molecule has 1 radical (unpaired) electrons. The molecule has 1 saturated heterocycles. The van der Waals surface area contributed by atoms with Gasteiger partial charge in [-0.3, -0.25) is 0 Å². The van der Waals surface area contributed by atoms with Gasteiger partial charge in [-0.15, -0.1) is 0 Å². The Hall–Kier alpha value is -0.0800. The molecular weight excluding hydrogens is 104 g/mol. The molecule has 0 N–H and O–H groups in total. The fraction of sp³-hybridized carbons (Fsp3) is 0.833. The Kier molecular flexibility index (Phi) is 2.30. The summed E-state index contributed by atoms with van der Waals surface area (Å²) in [5.41, 5.74) is 0. The first-order chi connectivity index (χ1) is 3.93. The molecule has 0 aromatic rings. The van der Waals surface area contributed by atoms with Crippen molar-refractivity contribution in [2.75, 3.05) is 20.3 Å². The summed E-state index contributed by atoms with van der Waals surface area (Å²) in [6.45, 7) is 1.55. The quantitative estimate of drug-likeness (QED) is 0.499. The van der Waals surface area contributed by atoms with Crippen molar-refractivity contribution in [3.63, 3.8) is 0 Å². The third-order valence-electron chi connectivity index (χ3n) is 1.30. The van der Waals surface area contributed by atoms with E-state index in [1.807, 2.05) is 0 Å². The van der Waals surface area contributed by atoms with E-state index in [0.717, 1.165) is 19.6 Å². The van der Waals surface area contributed by atoms with E-state index in [1.54, 1.807) is 7.11 Å². The SMILES string of the molecule is COC1C[CH]COC1. The average molecular weight is 115 g/mol. The maximum Gasteiger partial charge on any atom is 0.0808 e. The lowest BCUT2D eigenvalue weighted by molar-refractivity contribution is -0.00908. The molecule has 1 atom stereocenters. The van der Waals surface area contributed by atoms with Gasteiger partial charge < -0.3 is 9.47 Å². The standard InChI is InChI=1S/C6H11O2/c1-7-6-3-2-4-8-5-6/h2,6H,3-5H2,1H3. The lowest BCUT2D eigenvalue weighted by atomic mass is 10.2. The van der Waals surface area contributed by atoms with E-state index in [0.29, 0.717) is 6.10 Å². The number of rotatable bonds is 1. The van der Waals surface area contributed by atoms with Crippen molar-refractivity contribution in [2.45, 2.75) is 12.5 Å². The minimum absolute atomic E-state index is 0.309. The number of methoxy groups -OCH3 is 1. The summed E-state index contributed by atoms with van der Waals surface area (Å²) in [4.78, 5) is 0. The zero-order valence-corrected chi connectivity index (χ0v) is 5.09. The molecule has 1 aliphatic heterocycles. The Morgan fingerprint density at radius 1 is 1.75 bits per heavy atom. The molecule has 0 aliphatic carbocycles. The molecule has 0 bridgehead atoms. The van der Waals surface area contributed by atoms with Crippen LogP contribution in [0.1, 0.15) is 6.42 Å². The highest BCUT2D eigenvalue weighted by Crippen LogP contribution is 2.06. The van der Waals surface area contributed by atoms with E-state index >= 15 is 0 Å². The second-order valence-corrected chi connectivity index (χ2v) is 1.92. The van der Waals surface area contributed by atoms with Crippen molar-refractivity contribution in [1.29, 1.82) is 0 Å². The smallest absolute Gasteiger partial charge is 0.0808 e. The molecule has 1 heterocycles. The van der Waals surface area contributed by atoms with E-state index in [-0.39, 0.29) is 0 Å². The maximum atomic E-state index is 5.09. The predicted molar refractivity (Wildman–Crippen MR) is 30.5 cm³/mol. The fourth-order valence-electron chi connectivity index (χ4n) is 0.769. The van der Waals surface area contributed by atoms with Crippen LogP contribution in [0.5, 0.6) is 0 Å². The second kappa shape index (κ2) is 3.05. The van der Waals surface area contributed by atoms with Crippen molar-refractivity contribution < 1.29 is 9.47 Å². The van der Waals surface area contributed by atoms with Crippen LogP contribution in [0.25, 0.3) is 0 Å². The van der Waals surface area contributed by atoms with Crippen molar-refractivity contribution in [1.82, 2.24) is 0 Å². The molecule has 0 aromatic heterocycles. The van der Waals surface area contributed by atoms with E-state index in [2.05, 4.69) is 6.42 Å². The molecule has 47 valence electrons. The van der Waals surface area contributed by atoms with Gasteiger partial charge in [-0.25, -0.2) is 0 Å². The highest BCUT2D eigenvalue weighted by atomic mass is 16.5. The van der Waals surface area contributed by atoms with Gasteiger partial charge in [-0.2, -0.15) is 0 Å². The van der Waals surface area contributed by atoms with Gasteiger partial charge in [0.1, 0.15) is 0 Å². The Morgan fingerprint density at radius 2 is 2.62 bits per heavy atom. The van der Waals surface area contributed by atoms with Crippen LogP contribution >= 0.6 is 0 Å². The molecule has 2 nitrogen and oxygen atoms in total. The van der Waals surface area contributed by atoms with Gasteiger partial charge in [0, 0.05) is 13.7 Å². The summed E-state index contributed by atoms with van der Waals surface area (Å²) in [7, 11) is 1.72. The van der Waals surface area contributed by atoms with Gasteiger partial charge in [0.2, 0.25) is 0 Å². The molecule has 8 heavy (non-hydrogen) atoms. The first-order valence-corrected chi connectivity index (χ1v) is 2.85. The van der Waals surface area contributed by atoms with Gasteiger partial charge in [0.05, 0.1) is 12.7 Å². The molecule has 1 aliphatic rings.